The van der Waals surface area contributed by atoms with Crippen LogP contribution in [0.5, 0.6) is 0 Å². The van der Waals surface area contributed by atoms with E-state index in [1.807, 2.05) is 13.8 Å². The quantitative estimate of drug-likeness (QED) is 0.858. The number of aromatic nitrogens is 2. The van der Waals surface area contributed by atoms with E-state index in [1.165, 1.54) is 29.1 Å². The van der Waals surface area contributed by atoms with E-state index in [1.54, 1.807) is 0 Å². The van der Waals surface area contributed by atoms with Crippen LogP contribution < -0.4 is 10.9 Å². The Balaban J connectivity index is 2.31. The molecule has 1 atom stereocenters. The highest BCUT2D eigenvalue weighted by Crippen LogP contribution is 2.10. The number of nitrogens with one attached hydrogen (secondary N) is 1. The summed E-state index contributed by atoms with van der Waals surface area (Å²) in [4.78, 5) is 39.1. The number of carboxylic acids is 1. The number of aromatic carboxylic acids is 1. The molecular formula is C15H17N3O4. The summed E-state index contributed by atoms with van der Waals surface area (Å²) < 4.78 is 1.21. The maximum atomic E-state index is 12.3. The number of nitrogens with zero attached hydrogens (tertiary/aromatic N) is 2. The van der Waals surface area contributed by atoms with Crippen molar-refractivity contribution in [1.82, 2.24) is 14.9 Å². The summed E-state index contributed by atoms with van der Waals surface area (Å²) in [5, 5.41) is 12.0. The smallest absolute Gasteiger partial charge is 0.335 e. The summed E-state index contributed by atoms with van der Waals surface area (Å²) in [6.45, 7) is 3.72. The number of hydrogen-bond donors (Lipinski definition) is 2. The largest absolute Gasteiger partial charge is 0.478 e. The fourth-order valence-electron chi connectivity index (χ4n) is 1.98. The van der Waals surface area contributed by atoms with Gasteiger partial charge >= 0.3 is 5.97 Å². The molecule has 0 bridgehead atoms. The van der Waals surface area contributed by atoms with Crippen molar-refractivity contribution in [1.29, 1.82) is 0 Å². The van der Waals surface area contributed by atoms with Crippen LogP contribution in [0.15, 0.2) is 29.3 Å². The van der Waals surface area contributed by atoms with Gasteiger partial charge in [-0.3, -0.25) is 14.2 Å². The molecule has 0 aliphatic carbocycles. The van der Waals surface area contributed by atoms with E-state index in [-0.39, 0.29) is 35.0 Å². The molecule has 7 nitrogen and oxygen atoms in total. The average Bonchev–Trinajstić information content (AvgIpc) is 2.49. The monoisotopic (exact) mass is 303 g/mol. The number of carbonyl (C=O) groups is 2. The van der Waals surface area contributed by atoms with Crippen LogP contribution in [0.4, 0.5) is 0 Å². The molecule has 2 aromatic rings. The lowest BCUT2D eigenvalue weighted by Crippen LogP contribution is -2.37. The van der Waals surface area contributed by atoms with Gasteiger partial charge in [0, 0.05) is 6.04 Å². The van der Waals surface area contributed by atoms with Gasteiger partial charge in [-0.1, -0.05) is 6.92 Å². The van der Waals surface area contributed by atoms with E-state index in [0.717, 1.165) is 6.42 Å². The molecule has 0 saturated carbocycles. The van der Waals surface area contributed by atoms with Crippen LogP contribution in [0, 0.1) is 0 Å². The van der Waals surface area contributed by atoms with Crippen LogP contribution in [-0.2, 0) is 11.3 Å². The summed E-state index contributed by atoms with van der Waals surface area (Å²) in [6, 6.07) is 4.13. The first-order chi connectivity index (χ1) is 10.4. The van der Waals surface area contributed by atoms with Crippen molar-refractivity contribution in [3.05, 3.63) is 40.4 Å². The van der Waals surface area contributed by atoms with Gasteiger partial charge < -0.3 is 10.4 Å². The van der Waals surface area contributed by atoms with Gasteiger partial charge in [-0.15, -0.1) is 0 Å². The van der Waals surface area contributed by atoms with Crippen molar-refractivity contribution >= 4 is 22.8 Å². The van der Waals surface area contributed by atoms with Gasteiger partial charge in [0.1, 0.15) is 6.54 Å². The molecule has 0 aliphatic rings. The van der Waals surface area contributed by atoms with Crippen LogP contribution in [0.2, 0.25) is 0 Å². The lowest BCUT2D eigenvalue weighted by molar-refractivity contribution is -0.122. The second-order valence-corrected chi connectivity index (χ2v) is 5.09. The molecule has 1 aromatic carbocycles. The standard InChI is InChI=1S/C15H17N3O4/c1-3-9(2)17-13(19)7-18-8-16-12-6-10(15(21)22)4-5-11(12)14(18)20/h4-6,8-9H,3,7H2,1-2H3,(H,17,19)(H,21,22). The molecule has 1 amide bonds. The first kappa shape index (κ1) is 15.7. The first-order valence-corrected chi connectivity index (χ1v) is 6.94. The summed E-state index contributed by atoms with van der Waals surface area (Å²) >= 11 is 0. The summed E-state index contributed by atoms with van der Waals surface area (Å²) in [6.07, 6.45) is 2.06. The summed E-state index contributed by atoms with van der Waals surface area (Å²) in [5.41, 5.74) is -0.0172. The molecule has 2 rings (SSSR count). The highest BCUT2D eigenvalue weighted by atomic mass is 16.4. The minimum atomic E-state index is -1.08. The summed E-state index contributed by atoms with van der Waals surface area (Å²) in [5.74, 6) is -1.35. The van der Waals surface area contributed by atoms with Gasteiger partial charge in [-0.25, -0.2) is 9.78 Å². The highest BCUT2D eigenvalue weighted by Gasteiger charge is 2.11. The normalized spacial score (nSPS) is 12.1. The van der Waals surface area contributed by atoms with E-state index < -0.39 is 5.97 Å². The Kier molecular flexibility index (Phi) is 4.55. The molecule has 0 spiro atoms. The Hall–Kier alpha value is -2.70. The van der Waals surface area contributed by atoms with Crippen molar-refractivity contribution in [3.8, 4) is 0 Å². The molecule has 2 N–H and O–H groups in total. The molecule has 7 heteroatoms. The number of hydrogen-bond acceptors (Lipinski definition) is 4. The zero-order valence-corrected chi connectivity index (χ0v) is 12.4. The predicted octanol–water partition coefficient (Wildman–Crippen LogP) is 1.01. The third kappa shape index (κ3) is 3.30. The van der Waals surface area contributed by atoms with Crippen molar-refractivity contribution in [2.24, 2.45) is 0 Å². The van der Waals surface area contributed by atoms with Crippen LogP contribution in [0.25, 0.3) is 10.9 Å². The SMILES string of the molecule is CCC(C)NC(=O)Cn1cnc2cc(C(=O)O)ccc2c1=O. The average molecular weight is 303 g/mol. The van der Waals surface area contributed by atoms with Crippen molar-refractivity contribution < 1.29 is 14.7 Å². The molecule has 22 heavy (non-hydrogen) atoms. The minimum absolute atomic E-state index is 0.0368. The fourth-order valence-corrected chi connectivity index (χ4v) is 1.98. The van der Waals surface area contributed by atoms with Gasteiger partial charge in [0.05, 0.1) is 22.8 Å². The fraction of sp³-hybridized carbons (Fsp3) is 0.333. The molecular weight excluding hydrogens is 286 g/mol. The highest BCUT2D eigenvalue weighted by molar-refractivity contribution is 5.92. The molecule has 116 valence electrons. The maximum Gasteiger partial charge on any atom is 0.335 e. The molecule has 1 unspecified atom stereocenters. The van der Waals surface area contributed by atoms with Crippen LogP contribution in [-0.4, -0.2) is 32.6 Å². The molecule has 0 fully saturated rings. The number of rotatable bonds is 5. The van der Waals surface area contributed by atoms with Crippen LogP contribution >= 0.6 is 0 Å². The van der Waals surface area contributed by atoms with E-state index in [2.05, 4.69) is 10.3 Å². The zero-order valence-electron chi connectivity index (χ0n) is 12.4. The van der Waals surface area contributed by atoms with Crippen molar-refractivity contribution in [2.75, 3.05) is 0 Å². The topological polar surface area (TPSA) is 101 Å². The molecule has 1 aromatic heterocycles. The van der Waals surface area contributed by atoms with Gasteiger partial charge in [-0.05, 0) is 31.5 Å². The Bertz CT molecular complexity index is 782. The number of fused-ring (bicyclic) bond motifs is 1. The Labute approximate surface area is 126 Å². The van der Waals surface area contributed by atoms with E-state index >= 15 is 0 Å². The number of carboxylic acid groups (broad SMARTS) is 1. The number of amides is 1. The Morgan fingerprint density at radius 2 is 2.14 bits per heavy atom. The number of carbonyl (C=O) groups excluding carboxylic acids is 1. The van der Waals surface area contributed by atoms with E-state index in [0.29, 0.717) is 5.52 Å². The van der Waals surface area contributed by atoms with E-state index in [4.69, 9.17) is 5.11 Å². The second kappa shape index (κ2) is 6.38. The first-order valence-electron chi connectivity index (χ1n) is 6.94. The summed E-state index contributed by atoms with van der Waals surface area (Å²) in [7, 11) is 0. The van der Waals surface area contributed by atoms with Gasteiger partial charge in [0.15, 0.2) is 0 Å². The zero-order chi connectivity index (χ0) is 16.3. The van der Waals surface area contributed by atoms with Gasteiger partial charge in [-0.2, -0.15) is 0 Å². The van der Waals surface area contributed by atoms with Crippen LogP contribution in [0.3, 0.4) is 0 Å². The lowest BCUT2D eigenvalue weighted by atomic mass is 10.1. The Morgan fingerprint density at radius 1 is 1.41 bits per heavy atom. The molecule has 0 aliphatic heterocycles. The van der Waals surface area contributed by atoms with Gasteiger partial charge in [0.25, 0.3) is 5.56 Å². The predicted molar refractivity (Wildman–Crippen MR) is 80.9 cm³/mol. The minimum Gasteiger partial charge on any atom is -0.478 e. The van der Waals surface area contributed by atoms with Gasteiger partial charge in [0.2, 0.25) is 5.91 Å². The van der Waals surface area contributed by atoms with Crippen molar-refractivity contribution in [2.45, 2.75) is 32.9 Å². The second-order valence-electron chi connectivity index (χ2n) is 5.09. The molecule has 0 saturated heterocycles. The van der Waals surface area contributed by atoms with E-state index in [9.17, 15) is 14.4 Å². The van der Waals surface area contributed by atoms with Crippen LogP contribution in [0.1, 0.15) is 30.6 Å². The molecule has 0 radical (unpaired) electrons. The third-order valence-corrected chi connectivity index (χ3v) is 3.41. The molecule has 1 heterocycles. The Morgan fingerprint density at radius 3 is 2.77 bits per heavy atom. The number of benzene rings is 1. The third-order valence-electron chi connectivity index (χ3n) is 3.41. The maximum absolute atomic E-state index is 12.3. The van der Waals surface area contributed by atoms with Crippen molar-refractivity contribution in [3.63, 3.8) is 0 Å². The lowest BCUT2D eigenvalue weighted by Gasteiger charge is -2.12.